The van der Waals surface area contributed by atoms with E-state index in [1.165, 1.54) is 21.7 Å². The standard InChI is InChI=1S/C16H24N2S2/c1-10(2)17-7-13-14(16(4,5)6)18-15(20-13)12-9-19-8-11(12)3/h8-10,17H,7H2,1-6H3. The molecule has 0 saturated heterocycles. The van der Waals surface area contributed by atoms with E-state index in [0.29, 0.717) is 6.04 Å². The highest BCUT2D eigenvalue weighted by Gasteiger charge is 2.24. The summed E-state index contributed by atoms with van der Waals surface area (Å²) in [5, 5.41) is 9.08. The smallest absolute Gasteiger partial charge is 0.125 e. The number of rotatable bonds is 4. The van der Waals surface area contributed by atoms with Gasteiger partial charge in [0.25, 0.3) is 0 Å². The highest BCUT2D eigenvalue weighted by molar-refractivity contribution is 7.15. The number of hydrogen-bond acceptors (Lipinski definition) is 4. The van der Waals surface area contributed by atoms with Crippen LogP contribution >= 0.6 is 22.7 Å². The Bertz CT molecular complexity index is 574. The van der Waals surface area contributed by atoms with Crippen molar-refractivity contribution in [1.29, 1.82) is 0 Å². The van der Waals surface area contributed by atoms with Crippen LogP contribution in [0.15, 0.2) is 10.8 Å². The summed E-state index contributed by atoms with van der Waals surface area (Å²) in [6, 6.07) is 0.497. The van der Waals surface area contributed by atoms with Crippen LogP contribution < -0.4 is 5.32 Å². The molecule has 0 aromatic carbocycles. The van der Waals surface area contributed by atoms with Gasteiger partial charge in [0.05, 0.1) is 5.69 Å². The predicted octanol–water partition coefficient (Wildman–Crippen LogP) is 4.98. The minimum absolute atomic E-state index is 0.0899. The van der Waals surface area contributed by atoms with E-state index in [-0.39, 0.29) is 5.41 Å². The first-order chi connectivity index (χ1) is 9.29. The lowest BCUT2D eigenvalue weighted by Crippen LogP contribution is -2.23. The van der Waals surface area contributed by atoms with Gasteiger partial charge in [-0.2, -0.15) is 11.3 Å². The summed E-state index contributed by atoms with van der Waals surface area (Å²) >= 11 is 3.59. The van der Waals surface area contributed by atoms with E-state index in [4.69, 9.17) is 4.98 Å². The Morgan fingerprint density at radius 3 is 2.45 bits per heavy atom. The van der Waals surface area contributed by atoms with E-state index in [2.05, 4.69) is 57.6 Å². The second kappa shape index (κ2) is 5.96. The molecule has 0 amide bonds. The van der Waals surface area contributed by atoms with Crippen LogP contribution in [0.1, 0.15) is 50.8 Å². The van der Waals surface area contributed by atoms with Crippen molar-refractivity contribution in [1.82, 2.24) is 10.3 Å². The van der Waals surface area contributed by atoms with Gasteiger partial charge in [0.1, 0.15) is 5.01 Å². The van der Waals surface area contributed by atoms with Crippen LogP contribution in [-0.2, 0) is 12.0 Å². The Morgan fingerprint density at radius 2 is 1.95 bits per heavy atom. The first kappa shape index (κ1) is 15.7. The molecule has 2 aromatic rings. The minimum atomic E-state index is 0.0899. The molecule has 0 fully saturated rings. The third-order valence-corrected chi connectivity index (χ3v) is 5.11. The van der Waals surface area contributed by atoms with Crippen LogP contribution in [0.2, 0.25) is 0 Å². The van der Waals surface area contributed by atoms with Crippen LogP contribution in [0.3, 0.4) is 0 Å². The summed E-state index contributed by atoms with van der Waals surface area (Å²) in [5.41, 5.74) is 3.94. The quantitative estimate of drug-likeness (QED) is 0.862. The summed E-state index contributed by atoms with van der Waals surface area (Å²) in [5.74, 6) is 0. The summed E-state index contributed by atoms with van der Waals surface area (Å²) in [6.45, 7) is 14.2. The molecule has 0 atom stereocenters. The molecule has 110 valence electrons. The molecule has 2 heterocycles. The van der Waals surface area contributed by atoms with E-state index in [9.17, 15) is 0 Å². The molecule has 4 heteroatoms. The van der Waals surface area contributed by atoms with E-state index in [1.807, 2.05) is 11.3 Å². The van der Waals surface area contributed by atoms with Gasteiger partial charge in [-0.1, -0.05) is 34.6 Å². The average molecular weight is 309 g/mol. The number of nitrogens with zero attached hydrogens (tertiary/aromatic N) is 1. The molecule has 20 heavy (non-hydrogen) atoms. The topological polar surface area (TPSA) is 24.9 Å². The van der Waals surface area contributed by atoms with Crippen molar-refractivity contribution in [3.8, 4) is 10.6 Å². The minimum Gasteiger partial charge on any atom is -0.310 e. The van der Waals surface area contributed by atoms with Crippen molar-refractivity contribution >= 4 is 22.7 Å². The Kier molecular flexibility index (Phi) is 4.67. The normalized spacial score (nSPS) is 12.3. The summed E-state index contributed by atoms with van der Waals surface area (Å²) < 4.78 is 0. The Hall–Kier alpha value is -0.710. The van der Waals surface area contributed by atoms with Crippen LogP contribution in [0.5, 0.6) is 0 Å². The fourth-order valence-electron chi connectivity index (χ4n) is 2.05. The molecule has 0 saturated carbocycles. The fraction of sp³-hybridized carbons (Fsp3) is 0.562. The van der Waals surface area contributed by atoms with E-state index < -0.39 is 0 Å². The van der Waals surface area contributed by atoms with Gasteiger partial charge < -0.3 is 5.32 Å². The highest BCUT2D eigenvalue weighted by atomic mass is 32.1. The molecule has 1 N–H and O–H groups in total. The van der Waals surface area contributed by atoms with Gasteiger partial charge in [0.15, 0.2) is 0 Å². The van der Waals surface area contributed by atoms with Crippen molar-refractivity contribution in [3.63, 3.8) is 0 Å². The zero-order chi connectivity index (χ0) is 14.9. The SMILES string of the molecule is Cc1cscc1-c1nc(C(C)(C)C)c(CNC(C)C)s1. The van der Waals surface area contributed by atoms with Crippen molar-refractivity contribution in [2.45, 2.75) is 59.5 Å². The fourth-order valence-corrected chi connectivity index (χ4v) is 4.26. The van der Waals surface area contributed by atoms with Gasteiger partial charge in [-0.3, -0.25) is 0 Å². The lowest BCUT2D eigenvalue weighted by Gasteiger charge is -2.18. The largest absolute Gasteiger partial charge is 0.310 e. The molecule has 0 aliphatic heterocycles. The van der Waals surface area contributed by atoms with Crippen molar-refractivity contribution < 1.29 is 0 Å². The molecule has 0 spiro atoms. The molecule has 2 rings (SSSR count). The maximum Gasteiger partial charge on any atom is 0.125 e. The number of hydrogen-bond donors (Lipinski definition) is 1. The third-order valence-electron chi connectivity index (χ3n) is 3.16. The Morgan fingerprint density at radius 1 is 1.25 bits per heavy atom. The molecule has 2 nitrogen and oxygen atoms in total. The van der Waals surface area contributed by atoms with Gasteiger partial charge in [-0.25, -0.2) is 4.98 Å². The first-order valence-corrected chi connectivity index (χ1v) is 8.81. The van der Waals surface area contributed by atoms with Gasteiger partial charge in [0, 0.05) is 33.8 Å². The van der Waals surface area contributed by atoms with E-state index in [0.717, 1.165) is 11.6 Å². The van der Waals surface area contributed by atoms with E-state index in [1.54, 1.807) is 11.3 Å². The maximum absolute atomic E-state index is 4.95. The predicted molar refractivity (Wildman–Crippen MR) is 90.8 cm³/mol. The summed E-state index contributed by atoms with van der Waals surface area (Å²) in [7, 11) is 0. The lowest BCUT2D eigenvalue weighted by atomic mass is 9.91. The first-order valence-electron chi connectivity index (χ1n) is 7.05. The Labute approximate surface area is 130 Å². The van der Waals surface area contributed by atoms with Crippen LogP contribution in [-0.4, -0.2) is 11.0 Å². The summed E-state index contributed by atoms with van der Waals surface area (Å²) in [4.78, 5) is 6.32. The third kappa shape index (κ3) is 3.48. The number of aromatic nitrogens is 1. The van der Waals surface area contributed by atoms with Crippen molar-refractivity contribution in [2.24, 2.45) is 0 Å². The number of nitrogens with one attached hydrogen (secondary N) is 1. The zero-order valence-corrected chi connectivity index (χ0v) is 14.8. The maximum atomic E-state index is 4.95. The van der Waals surface area contributed by atoms with Crippen molar-refractivity contribution in [2.75, 3.05) is 0 Å². The van der Waals surface area contributed by atoms with Gasteiger partial charge in [-0.05, 0) is 17.9 Å². The highest BCUT2D eigenvalue weighted by Crippen LogP contribution is 2.36. The van der Waals surface area contributed by atoms with Gasteiger partial charge in [0.2, 0.25) is 0 Å². The number of thiophene rings is 1. The van der Waals surface area contributed by atoms with Crippen LogP contribution in [0.25, 0.3) is 10.6 Å². The molecular formula is C16H24N2S2. The number of thiazole rings is 1. The molecule has 0 aliphatic rings. The molecule has 0 radical (unpaired) electrons. The second-order valence-electron chi connectivity index (χ2n) is 6.54. The molecule has 2 aromatic heterocycles. The van der Waals surface area contributed by atoms with Gasteiger partial charge >= 0.3 is 0 Å². The van der Waals surface area contributed by atoms with Crippen LogP contribution in [0, 0.1) is 6.92 Å². The number of aryl methyl sites for hydroxylation is 1. The molecule has 0 unspecified atom stereocenters. The lowest BCUT2D eigenvalue weighted by molar-refractivity contribution is 0.546. The van der Waals surface area contributed by atoms with Gasteiger partial charge in [-0.15, -0.1) is 11.3 Å². The average Bonchev–Trinajstić information content (AvgIpc) is 2.91. The Balaban J connectivity index is 2.39. The van der Waals surface area contributed by atoms with E-state index >= 15 is 0 Å². The second-order valence-corrected chi connectivity index (χ2v) is 8.37. The summed E-state index contributed by atoms with van der Waals surface area (Å²) in [6.07, 6.45) is 0. The molecular weight excluding hydrogens is 284 g/mol. The zero-order valence-electron chi connectivity index (χ0n) is 13.2. The van der Waals surface area contributed by atoms with Crippen molar-refractivity contribution in [3.05, 3.63) is 26.9 Å². The monoisotopic (exact) mass is 308 g/mol. The van der Waals surface area contributed by atoms with Crippen LogP contribution in [0.4, 0.5) is 0 Å². The molecule has 0 aliphatic carbocycles. The molecule has 0 bridgehead atoms.